The van der Waals surface area contributed by atoms with Gasteiger partial charge in [0.1, 0.15) is 0 Å². The van der Waals surface area contributed by atoms with Gasteiger partial charge in [0.15, 0.2) is 0 Å². The number of hydrogen-bond acceptors (Lipinski definition) is 3. The average molecular weight is 471 g/mol. The maximum atomic E-state index is 11.1. The van der Waals surface area contributed by atoms with E-state index in [1.807, 2.05) is 0 Å². The summed E-state index contributed by atoms with van der Waals surface area (Å²) >= 11 is 0. The van der Waals surface area contributed by atoms with Crippen LogP contribution in [0.4, 0.5) is 0 Å². The molecule has 192 valence electrons. The predicted octanol–water partition coefficient (Wildman–Crippen LogP) is 5.87. The van der Waals surface area contributed by atoms with Gasteiger partial charge in [0, 0.05) is 0 Å². The molecule has 7 nitrogen and oxygen atoms in total. The van der Waals surface area contributed by atoms with Crippen LogP contribution in [0.1, 0.15) is 110 Å². The van der Waals surface area contributed by atoms with Crippen LogP contribution in [-0.4, -0.2) is 63.9 Å². The number of carboxylic acid groups (broad SMARTS) is 3. The van der Waals surface area contributed by atoms with Gasteiger partial charge in [0.05, 0.1) is 45.4 Å². The first-order chi connectivity index (χ1) is 15.8. The van der Waals surface area contributed by atoms with Crippen molar-refractivity contribution in [3.05, 3.63) is 12.2 Å². The topological polar surface area (TPSA) is 112 Å². The van der Waals surface area contributed by atoms with E-state index >= 15 is 0 Å². The van der Waals surface area contributed by atoms with E-state index in [-0.39, 0.29) is 43.4 Å². The van der Waals surface area contributed by atoms with Crippen LogP contribution in [-0.2, 0) is 14.4 Å². The first-order valence-corrected chi connectivity index (χ1v) is 13.0. The monoisotopic (exact) mass is 470 g/mol. The molecule has 0 bridgehead atoms. The molecule has 0 aliphatic carbocycles. The van der Waals surface area contributed by atoms with Gasteiger partial charge < -0.3 is 19.8 Å². The summed E-state index contributed by atoms with van der Waals surface area (Å²) in [5.41, 5.74) is 0. The SMILES string of the molecule is CC/C=C/CCCCCCCCCCCCC[N+](CCC(=O)O)(CCC(=O)O)CCC(=O)O. The second kappa shape index (κ2) is 20.7. The number of allylic oxidation sites excluding steroid dienone is 2. The molecule has 0 rings (SSSR count). The molecule has 3 N–H and O–H groups in total. The molecule has 0 aromatic rings. The van der Waals surface area contributed by atoms with Crippen molar-refractivity contribution in [3.63, 3.8) is 0 Å². The van der Waals surface area contributed by atoms with Gasteiger partial charge in [-0.3, -0.25) is 14.4 Å². The second-order valence-corrected chi connectivity index (χ2v) is 9.22. The van der Waals surface area contributed by atoms with Crippen molar-refractivity contribution in [2.75, 3.05) is 26.2 Å². The summed E-state index contributed by atoms with van der Waals surface area (Å²) in [7, 11) is 0. The molecule has 0 unspecified atom stereocenters. The number of aliphatic carboxylic acids is 3. The van der Waals surface area contributed by atoms with Gasteiger partial charge >= 0.3 is 17.9 Å². The van der Waals surface area contributed by atoms with Gasteiger partial charge in [-0.25, -0.2) is 0 Å². The molecular formula is C26H48NO6+. The molecule has 0 atom stereocenters. The largest absolute Gasteiger partial charge is 0.481 e. The van der Waals surface area contributed by atoms with E-state index in [1.54, 1.807) is 0 Å². The van der Waals surface area contributed by atoms with Crippen molar-refractivity contribution in [2.24, 2.45) is 0 Å². The Hall–Kier alpha value is -1.89. The van der Waals surface area contributed by atoms with E-state index in [1.165, 1.54) is 57.8 Å². The lowest BCUT2D eigenvalue weighted by molar-refractivity contribution is -0.927. The lowest BCUT2D eigenvalue weighted by Gasteiger charge is -2.38. The first kappa shape index (κ1) is 31.1. The minimum Gasteiger partial charge on any atom is -0.481 e. The summed E-state index contributed by atoms with van der Waals surface area (Å²) in [6, 6.07) is 0. The summed E-state index contributed by atoms with van der Waals surface area (Å²) in [5.74, 6) is -2.80. The van der Waals surface area contributed by atoms with Crippen LogP contribution in [0.5, 0.6) is 0 Å². The zero-order chi connectivity index (χ0) is 24.8. The number of quaternary nitrogens is 1. The Bertz CT molecular complexity index is 515. The summed E-state index contributed by atoms with van der Waals surface area (Å²) in [4.78, 5) is 33.3. The Morgan fingerprint density at radius 2 is 0.909 bits per heavy atom. The molecule has 7 heteroatoms. The van der Waals surface area contributed by atoms with E-state index in [4.69, 9.17) is 15.3 Å². The summed E-state index contributed by atoms with van der Waals surface area (Å²) in [6.07, 6.45) is 19.8. The molecule has 0 radical (unpaired) electrons. The summed E-state index contributed by atoms with van der Waals surface area (Å²) in [5, 5.41) is 27.3. The zero-order valence-corrected chi connectivity index (χ0v) is 20.8. The Morgan fingerprint density at radius 3 is 1.27 bits per heavy atom. The predicted molar refractivity (Wildman–Crippen MR) is 131 cm³/mol. The van der Waals surface area contributed by atoms with Crippen LogP contribution < -0.4 is 0 Å². The number of carbonyl (C=O) groups is 3. The highest BCUT2D eigenvalue weighted by Gasteiger charge is 2.29. The fraction of sp³-hybridized carbons (Fsp3) is 0.808. The van der Waals surface area contributed by atoms with E-state index in [2.05, 4.69) is 19.1 Å². The number of nitrogens with zero attached hydrogens (tertiary/aromatic N) is 1. The normalized spacial score (nSPS) is 11.8. The quantitative estimate of drug-likeness (QED) is 0.0923. The highest BCUT2D eigenvalue weighted by Crippen LogP contribution is 2.17. The van der Waals surface area contributed by atoms with Gasteiger partial charge in [-0.05, 0) is 32.1 Å². The van der Waals surface area contributed by atoms with Crippen LogP contribution in [0.15, 0.2) is 12.2 Å². The molecule has 0 aliphatic rings. The molecule has 0 spiro atoms. The van der Waals surface area contributed by atoms with Crippen molar-refractivity contribution >= 4 is 17.9 Å². The van der Waals surface area contributed by atoms with Crippen LogP contribution in [0.3, 0.4) is 0 Å². The minimum atomic E-state index is -0.934. The maximum absolute atomic E-state index is 11.1. The van der Waals surface area contributed by atoms with E-state index in [9.17, 15) is 14.4 Å². The van der Waals surface area contributed by atoms with Gasteiger partial charge in [-0.1, -0.05) is 70.4 Å². The highest BCUT2D eigenvalue weighted by molar-refractivity contribution is 5.67. The molecule has 0 saturated carbocycles. The first-order valence-electron chi connectivity index (χ1n) is 13.0. The number of rotatable bonds is 24. The fourth-order valence-corrected chi connectivity index (χ4v) is 4.25. The van der Waals surface area contributed by atoms with Crippen molar-refractivity contribution < 1.29 is 34.2 Å². The van der Waals surface area contributed by atoms with Crippen molar-refractivity contribution in [2.45, 2.75) is 110 Å². The van der Waals surface area contributed by atoms with Gasteiger partial charge in [-0.2, -0.15) is 0 Å². The molecule has 0 aliphatic heterocycles. The standard InChI is InChI=1S/C26H47NO6/c1-2-3-4-5-6-7-8-9-10-11-12-13-14-15-16-20-27(21-17-24(28)29,22-18-25(30)31)23-19-26(32)33/h3-4H,2,5-23H2,1H3,(H2-,28,29,30,31,32,33)/p+1/b4-3+. The van der Waals surface area contributed by atoms with Crippen LogP contribution in [0.25, 0.3) is 0 Å². The lowest BCUT2D eigenvalue weighted by atomic mass is 10.0. The van der Waals surface area contributed by atoms with Crippen LogP contribution in [0.2, 0.25) is 0 Å². The maximum Gasteiger partial charge on any atom is 0.309 e. The highest BCUT2D eigenvalue weighted by atomic mass is 16.4. The molecule has 0 fully saturated rings. The van der Waals surface area contributed by atoms with E-state index in [0.717, 1.165) is 25.7 Å². The van der Waals surface area contributed by atoms with Crippen LogP contribution >= 0.6 is 0 Å². The average Bonchev–Trinajstić information content (AvgIpc) is 2.76. The third-order valence-electron chi connectivity index (χ3n) is 6.31. The smallest absolute Gasteiger partial charge is 0.309 e. The Labute approximate surface area is 200 Å². The van der Waals surface area contributed by atoms with Gasteiger partial charge in [0.2, 0.25) is 0 Å². The molecule has 0 saturated heterocycles. The number of hydrogen-bond donors (Lipinski definition) is 3. The van der Waals surface area contributed by atoms with Crippen LogP contribution in [0, 0.1) is 0 Å². The number of unbranched alkanes of at least 4 members (excludes halogenated alkanes) is 11. The molecule has 33 heavy (non-hydrogen) atoms. The Kier molecular flexibility index (Phi) is 19.5. The molecular weight excluding hydrogens is 422 g/mol. The summed E-state index contributed by atoms with van der Waals surface area (Å²) < 4.78 is 0.263. The molecule has 0 aromatic carbocycles. The molecule has 0 aromatic heterocycles. The molecule has 0 amide bonds. The Morgan fingerprint density at radius 1 is 0.545 bits per heavy atom. The Balaban J connectivity index is 4.12. The van der Waals surface area contributed by atoms with Crippen molar-refractivity contribution in [1.29, 1.82) is 0 Å². The third-order valence-corrected chi connectivity index (χ3v) is 6.31. The van der Waals surface area contributed by atoms with Crippen molar-refractivity contribution in [1.82, 2.24) is 0 Å². The van der Waals surface area contributed by atoms with Gasteiger partial charge in [-0.15, -0.1) is 0 Å². The van der Waals surface area contributed by atoms with E-state index < -0.39 is 17.9 Å². The second-order valence-electron chi connectivity index (χ2n) is 9.22. The zero-order valence-electron chi connectivity index (χ0n) is 20.8. The number of carboxylic acids is 3. The fourth-order valence-electron chi connectivity index (χ4n) is 4.25. The van der Waals surface area contributed by atoms with Crippen molar-refractivity contribution in [3.8, 4) is 0 Å². The molecule has 0 heterocycles. The third kappa shape index (κ3) is 20.4. The minimum absolute atomic E-state index is 0.0747. The van der Waals surface area contributed by atoms with Gasteiger partial charge in [0.25, 0.3) is 0 Å². The lowest BCUT2D eigenvalue weighted by Crippen LogP contribution is -2.52. The van der Waals surface area contributed by atoms with E-state index in [0.29, 0.717) is 6.54 Å². The summed E-state index contributed by atoms with van der Waals surface area (Å²) in [6.45, 7) is 3.65.